The molecule has 0 unspecified atom stereocenters. The average Bonchev–Trinajstić information content (AvgIpc) is 2.24. The van der Waals surface area contributed by atoms with E-state index in [1.165, 1.54) is 0 Å². The van der Waals surface area contributed by atoms with Crippen LogP contribution in [0.15, 0.2) is 25.3 Å². The van der Waals surface area contributed by atoms with Gasteiger partial charge in [-0.25, -0.2) is 9.59 Å². The van der Waals surface area contributed by atoms with Crippen LogP contribution in [0.3, 0.4) is 0 Å². The third kappa shape index (κ3) is 18.7. The van der Waals surface area contributed by atoms with E-state index in [4.69, 9.17) is 10.4 Å². The van der Waals surface area contributed by atoms with Crippen LogP contribution in [0, 0.1) is 11.3 Å². The van der Waals surface area contributed by atoms with Crippen molar-refractivity contribution in [1.82, 2.24) is 0 Å². The fourth-order valence-corrected chi connectivity index (χ4v) is 0.383. The molecule has 0 bridgehead atoms. The molecule has 0 aromatic carbocycles. The molecule has 0 fully saturated rings. The van der Waals surface area contributed by atoms with Crippen LogP contribution in [0.5, 0.6) is 0 Å². The van der Waals surface area contributed by atoms with Crippen molar-refractivity contribution in [3.63, 3.8) is 0 Å². The number of ether oxygens (including phenoxy) is 1. The number of carboxylic acids is 1. The van der Waals surface area contributed by atoms with Gasteiger partial charge in [0.05, 0.1) is 12.7 Å². The van der Waals surface area contributed by atoms with Crippen LogP contribution in [-0.4, -0.2) is 23.7 Å². The predicted molar refractivity (Wildman–Crippen MR) is 53.8 cm³/mol. The molecule has 82 valence electrons. The van der Waals surface area contributed by atoms with E-state index in [0.29, 0.717) is 19.4 Å². The lowest BCUT2D eigenvalue weighted by molar-refractivity contribution is -0.137. The highest BCUT2D eigenvalue weighted by Gasteiger charge is 1.92. The van der Waals surface area contributed by atoms with Crippen molar-refractivity contribution in [2.75, 3.05) is 6.61 Å². The summed E-state index contributed by atoms with van der Waals surface area (Å²) in [7, 11) is 0. The summed E-state index contributed by atoms with van der Waals surface area (Å²) >= 11 is 0. The molecule has 0 spiro atoms. The van der Waals surface area contributed by atoms with Crippen molar-refractivity contribution in [2.24, 2.45) is 0 Å². The lowest BCUT2D eigenvalue weighted by atomic mass is 10.3. The molecule has 0 aliphatic heterocycles. The number of nitriles is 1. The summed E-state index contributed by atoms with van der Waals surface area (Å²) < 4.78 is 4.59. The monoisotopic (exact) mass is 211 g/mol. The molecule has 0 atom stereocenters. The SMILES string of the molecule is C=CC(=O)O.C=CC(=O)OCCCC#N. The molecule has 1 N–H and O–H groups in total. The Hall–Kier alpha value is -2.09. The minimum absolute atomic E-state index is 0.304. The maximum absolute atomic E-state index is 10.4. The van der Waals surface area contributed by atoms with E-state index in [2.05, 4.69) is 17.9 Å². The first-order chi connectivity index (χ1) is 7.08. The summed E-state index contributed by atoms with van der Waals surface area (Å²) in [4.78, 5) is 19.6. The van der Waals surface area contributed by atoms with Gasteiger partial charge in [-0.3, -0.25) is 0 Å². The topological polar surface area (TPSA) is 87.4 Å². The van der Waals surface area contributed by atoms with Crippen LogP contribution in [-0.2, 0) is 14.3 Å². The molecule has 0 aliphatic rings. The molecule has 0 amide bonds. The largest absolute Gasteiger partial charge is 0.478 e. The molecule has 0 rings (SSSR count). The molecule has 5 heteroatoms. The molecule has 15 heavy (non-hydrogen) atoms. The molecule has 0 saturated carbocycles. The number of esters is 1. The van der Waals surface area contributed by atoms with Crippen LogP contribution in [0.2, 0.25) is 0 Å². The van der Waals surface area contributed by atoms with E-state index in [9.17, 15) is 9.59 Å². The van der Waals surface area contributed by atoms with Crippen molar-refractivity contribution in [1.29, 1.82) is 5.26 Å². The van der Waals surface area contributed by atoms with E-state index in [1.807, 2.05) is 6.07 Å². The number of unbranched alkanes of at least 4 members (excludes halogenated alkanes) is 1. The first-order valence-corrected chi connectivity index (χ1v) is 4.10. The predicted octanol–water partition coefficient (Wildman–Crippen LogP) is 1.28. The van der Waals surface area contributed by atoms with E-state index in [-0.39, 0.29) is 0 Å². The van der Waals surface area contributed by atoms with Gasteiger partial charge in [0.15, 0.2) is 0 Å². The van der Waals surface area contributed by atoms with Crippen molar-refractivity contribution in [2.45, 2.75) is 12.8 Å². The smallest absolute Gasteiger partial charge is 0.330 e. The number of nitrogens with zero attached hydrogens (tertiary/aromatic N) is 1. The fourth-order valence-electron chi connectivity index (χ4n) is 0.383. The molecule has 0 aliphatic carbocycles. The Kier molecular flexibility index (Phi) is 12.2. The Bertz CT molecular complexity index is 265. The second-order valence-corrected chi connectivity index (χ2v) is 2.18. The van der Waals surface area contributed by atoms with Crippen molar-refractivity contribution < 1.29 is 19.4 Å². The van der Waals surface area contributed by atoms with Gasteiger partial charge in [-0.2, -0.15) is 5.26 Å². The Balaban J connectivity index is 0. The number of carbonyl (C=O) groups excluding carboxylic acids is 1. The van der Waals surface area contributed by atoms with Gasteiger partial charge in [-0.15, -0.1) is 0 Å². The zero-order chi connectivity index (χ0) is 12.1. The average molecular weight is 211 g/mol. The summed E-state index contributed by atoms with van der Waals surface area (Å²) in [5.41, 5.74) is 0. The summed E-state index contributed by atoms with van der Waals surface area (Å²) in [6, 6.07) is 1.94. The molecule has 0 aromatic rings. The van der Waals surface area contributed by atoms with Gasteiger partial charge in [-0.1, -0.05) is 13.2 Å². The Labute approximate surface area is 88.3 Å². The summed E-state index contributed by atoms with van der Waals surface area (Å²) in [6.45, 7) is 6.48. The Morgan fingerprint density at radius 1 is 1.40 bits per heavy atom. The van der Waals surface area contributed by atoms with Crippen LogP contribution in [0.4, 0.5) is 0 Å². The van der Waals surface area contributed by atoms with E-state index in [1.54, 1.807) is 0 Å². The van der Waals surface area contributed by atoms with E-state index >= 15 is 0 Å². The fraction of sp³-hybridized carbons (Fsp3) is 0.300. The van der Waals surface area contributed by atoms with Gasteiger partial charge in [-0.05, 0) is 6.42 Å². The number of hydrogen-bond acceptors (Lipinski definition) is 4. The quantitative estimate of drug-likeness (QED) is 0.420. The second-order valence-electron chi connectivity index (χ2n) is 2.18. The summed E-state index contributed by atoms with van der Waals surface area (Å²) in [6.07, 6.45) is 2.95. The van der Waals surface area contributed by atoms with Crippen molar-refractivity contribution in [3.05, 3.63) is 25.3 Å². The zero-order valence-electron chi connectivity index (χ0n) is 8.31. The van der Waals surface area contributed by atoms with Crippen LogP contribution in [0.25, 0.3) is 0 Å². The highest BCUT2D eigenvalue weighted by molar-refractivity contribution is 5.81. The van der Waals surface area contributed by atoms with Gasteiger partial charge in [0, 0.05) is 18.6 Å². The highest BCUT2D eigenvalue weighted by Crippen LogP contribution is 1.88. The number of hydrogen-bond donors (Lipinski definition) is 1. The molecule has 0 radical (unpaired) electrons. The molecular formula is C10H13NO4. The number of rotatable bonds is 5. The second kappa shape index (κ2) is 11.9. The highest BCUT2D eigenvalue weighted by atomic mass is 16.5. The van der Waals surface area contributed by atoms with Gasteiger partial charge in [0.25, 0.3) is 0 Å². The maximum atomic E-state index is 10.4. The van der Waals surface area contributed by atoms with Crippen molar-refractivity contribution in [3.8, 4) is 6.07 Å². The zero-order valence-corrected chi connectivity index (χ0v) is 8.31. The third-order valence-corrected chi connectivity index (χ3v) is 1.02. The van der Waals surface area contributed by atoms with Gasteiger partial charge in [0.1, 0.15) is 0 Å². The molecule has 0 aromatic heterocycles. The van der Waals surface area contributed by atoms with E-state index < -0.39 is 11.9 Å². The van der Waals surface area contributed by atoms with Crippen molar-refractivity contribution >= 4 is 11.9 Å². The molecule has 0 saturated heterocycles. The summed E-state index contributed by atoms with van der Waals surface area (Å²) in [5, 5.41) is 15.7. The number of aliphatic carboxylic acids is 1. The molecular weight excluding hydrogens is 198 g/mol. The summed E-state index contributed by atoms with van der Waals surface area (Å²) in [5.74, 6) is -1.41. The van der Waals surface area contributed by atoms with Gasteiger partial charge in [0.2, 0.25) is 0 Å². The first-order valence-electron chi connectivity index (χ1n) is 4.10. The minimum Gasteiger partial charge on any atom is -0.478 e. The third-order valence-electron chi connectivity index (χ3n) is 1.02. The Morgan fingerprint density at radius 2 is 1.93 bits per heavy atom. The van der Waals surface area contributed by atoms with Gasteiger partial charge >= 0.3 is 11.9 Å². The Morgan fingerprint density at radius 3 is 2.27 bits per heavy atom. The maximum Gasteiger partial charge on any atom is 0.330 e. The standard InChI is InChI=1S/C7H9NO2.C3H4O2/c1-2-7(9)10-6-4-3-5-8;1-2-3(4)5/h2H,1,3-4,6H2;2H,1H2,(H,4,5). The number of carboxylic acid groups (broad SMARTS) is 1. The lowest BCUT2D eigenvalue weighted by Crippen LogP contribution is -2.00. The molecule has 5 nitrogen and oxygen atoms in total. The van der Waals surface area contributed by atoms with Gasteiger partial charge < -0.3 is 9.84 Å². The van der Waals surface area contributed by atoms with Crippen LogP contribution < -0.4 is 0 Å². The number of carbonyl (C=O) groups is 2. The molecule has 0 heterocycles. The van der Waals surface area contributed by atoms with E-state index in [0.717, 1.165) is 12.2 Å². The van der Waals surface area contributed by atoms with Crippen LogP contribution >= 0.6 is 0 Å². The minimum atomic E-state index is -0.981. The van der Waals surface area contributed by atoms with Crippen LogP contribution in [0.1, 0.15) is 12.8 Å². The first kappa shape index (κ1) is 15.4. The lowest BCUT2D eigenvalue weighted by Gasteiger charge is -1.96. The normalized spacial score (nSPS) is 7.40.